The number of carbonyl (C=O) groups is 3. The Morgan fingerprint density at radius 3 is 2.62 bits per heavy atom. The number of rotatable bonds is 8. The molecule has 0 bridgehead atoms. The van der Waals surface area contributed by atoms with Crippen molar-refractivity contribution in [3.05, 3.63) is 55.9 Å². The highest BCUT2D eigenvalue weighted by atomic mass is 35.5. The molecule has 0 saturated carbocycles. The molecular weight excluding hydrogens is 491 g/mol. The van der Waals surface area contributed by atoms with Crippen molar-refractivity contribution >= 4 is 52.6 Å². The van der Waals surface area contributed by atoms with Gasteiger partial charge in [-0.1, -0.05) is 23.2 Å². The van der Waals surface area contributed by atoms with Crippen LogP contribution in [0.15, 0.2) is 34.2 Å². The summed E-state index contributed by atoms with van der Waals surface area (Å²) < 4.78 is 0. The Morgan fingerprint density at radius 1 is 1.18 bits per heavy atom. The number of hydrogen-bond donors (Lipinski definition) is 7. The number of halogens is 2. The molecule has 2 amide bonds. The Kier molecular flexibility index (Phi) is 7.97. The van der Waals surface area contributed by atoms with E-state index in [1.807, 2.05) is 0 Å². The first-order valence-corrected chi connectivity index (χ1v) is 10.6. The lowest BCUT2D eigenvalue weighted by atomic mass is 9.98. The van der Waals surface area contributed by atoms with Gasteiger partial charge in [0.15, 0.2) is 5.96 Å². The molecule has 3 rings (SSSR count). The number of carboxylic acids is 1. The van der Waals surface area contributed by atoms with Crippen molar-refractivity contribution in [3.63, 3.8) is 0 Å². The fourth-order valence-corrected chi connectivity index (χ4v) is 3.55. The van der Waals surface area contributed by atoms with Gasteiger partial charge in [-0.3, -0.25) is 24.2 Å². The molecular formula is C20H20Cl2N6O6. The molecule has 0 aliphatic carbocycles. The largest absolute Gasteiger partial charge is 0.506 e. The topological polar surface area (TPSA) is 185 Å². The second kappa shape index (κ2) is 10.9. The van der Waals surface area contributed by atoms with Gasteiger partial charge in [0.05, 0.1) is 23.7 Å². The van der Waals surface area contributed by atoms with Gasteiger partial charge in [-0.25, -0.2) is 0 Å². The van der Waals surface area contributed by atoms with E-state index in [2.05, 4.69) is 31.2 Å². The van der Waals surface area contributed by atoms with E-state index in [1.54, 1.807) is 0 Å². The standard InChI is InChI=1S/C20H20Cl2N6O6/c21-10-4-11(16(30)13(22)5-10)12(19(33)34)7-25-15(29)8-27-17(31)9-3-14(18(32)26-6-9)28-20-23-1-2-24-20/h3-6,12,30H,1-2,7-8H2,(H,25,29)(H,26,32)(H,27,31)(H,33,34)(H2,23,24,28). The molecule has 1 unspecified atom stereocenters. The zero-order chi connectivity index (χ0) is 24.8. The number of aliphatic carboxylic acids is 1. The number of aliphatic imine (C=N–C) groups is 1. The number of phenols is 1. The number of pyridine rings is 1. The zero-order valence-corrected chi connectivity index (χ0v) is 19.0. The van der Waals surface area contributed by atoms with Crippen LogP contribution >= 0.6 is 23.2 Å². The highest BCUT2D eigenvalue weighted by Crippen LogP contribution is 2.35. The van der Waals surface area contributed by atoms with E-state index in [4.69, 9.17) is 23.2 Å². The third kappa shape index (κ3) is 6.17. The number of phenolic OH excluding ortho intramolecular Hbond substituents is 1. The fourth-order valence-electron chi connectivity index (χ4n) is 3.04. The van der Waals surface area contributed by atoms with E-state index in [-0.39, 0.29) is 26.9 Å². The smallest absolute Gasteiger partial charge is 0.312 e. The Bertz CT molecular complexity index is 1210. The fraction of sp³-hybridized carbons (Fsp3) is 0.250. The number of amides is 2. The third-order valence-electron chi connectivity index (χ3n) is 4.74. The van der Waals surface area contributed by atoms with Crippen molar-refractivity contribution in [1.82, 2.24) is 20.9 Å². The number of aromatic amines is 1. The summed E-state index contributed by atoms with van der Waals surface area (Å²) in [4.78, 5) is 54.7. The molecule has 34 heavy (non-hydrogen) atoms. The minimum atomic E-state index is -1.34. The monoisotopic (exact) mass is 510 g/mol. The summed E-state index contributed by atoms with van der Waals surface area (Å²) in [5.41, 5.74) is -0.358. The molecule has 1 aliphatic heterocycles. The number of nitrogens with one attached hydrogen (secondary N) is 5. The summed E-state index contributed by atoms with van der Waals surface area (Å²) >= 11 is 11.7. The van der Waals surface area contributed by atoms with Gasteiger partial charge in [0.1, 0.15) is 17.4 Å². The molecule has 0 fully saturated rings. The van der Waals surface area contributed by atoms with Crippen molar-refractivity contribution in [1.29, 1.82) is 0 Å². The number of anilines is 1. The summed E-state index contributed by atoms with van der Waals surface area (Å²) in [5.74, 6) is -4.04. The maximum Gasteiger partial charge on any atom is 0.312 e. The van der Waals surface area contributed by atoms with Gasteiger partial charge < -0.3 is 36.5 Å². The Morgan fingerprint density at radius 2 is 1.94 bits per heavy atom. The van der Waals surface area contributed by atoms with Gasteiger partial charge in [0.25, 0.3) is 11.5 Å². The quantitative estimate of drug-likeness (QED) is 0.267. The average molecular weight is 511 g/mol. The maximum absolute atomic E-state index is 12.4. The summed E-state index contributed by atoms with van der Waals surface area (Å²) in [7, 11) is 0. The first kappa shape index (κ1) is 24.9. The molecule has 0 spiro atoms. The number of nitrogens with zero attached hydrogens (tertiary/aromatic N) is 1. The first-order valence-electron chi connectivity index (χ1n) is 9.89. The van der Waals surface area contributed by atoms with Crippen molar-refractivity contribution in [2.75, 3.05) is 31.5 Å². The molecule has 1 aromatic carbocycles. The number of hydrogen-bond acceptors (Lipinski definition) is 8. The number of carbonyl (C=O) groups excluding carboxylic acids is 2. The molecule has 180 valence electrons. The molecule has 14 heteroatoms. The molecule has 1 atom stereocenters. The van der Waals surface area contributed by atoms with E-state index in [1.165, 1.54) is 24.4 Å². The van der Waals surface area contributed by atoms with Crippen LogP contribution in [0.1, 0.15) is 21.8 Å². The first-order chi connectivity index (χ1) is 16.2. The minimum absolute atomic E-state index is 0.0658. The van der Waals surface area contributed by atoms with Crippen LogP contribution in [0.25, 0.3) is 0 Å². The molecule has 0 radical (unpaired) electrons. The summed E-state index contributed by atoms with van der Waals surface area (Å²) in [6.07, 6.45) is 1.19. The normalized spacial score (nSPS) is 13.4. The summed E-state index contributed by atoms with van der Waals surface area (Å²) in [6, 6.07) is 3.80. The Labute approximate surface area is 202 Å². The second-order valence-electron chi connectivity index (χ2n) is 7.12. The van der Waals surface area contributed by atoms with Crippen LogP contribution in [-0.4, -0.2) is 65.1 Å². The van der Waals surface area contributed by atoms with Crippen LogP contribution in [0.2, 0.25) is 10.0 Å². The lowest BCUT2D eigenvalue weighted by molar-refractivity contribution is -0.138. The van der Waals surface area contributed by atoms with Crippen molar-refractivity contribution in [3.8, 4) is 5.75 Å². The van der Waals surface area contributed by atoms with E-state index >= 15 is 0 Å². The van der Waals surface area contributed by atoms with Crippen LogP contribution in [-0.2, 0) is 9.59 Å². The molecule has 1 aliphatic rings. The van der Waals surface area contributed by atoms with Gasteiger partial charge in [-0.05, 0) is 18.2 Å². The second-order valence-corrected chi connectivity index (χ2v) is 7.96. The molecule has 2 aromatic rings. The van der Waals surface area contributed by atoms with E-state index in [0.29, 0.717) is 19.0 Å². The predicted octanol–water partition coefficient (Wildman–Crippen LogP) is 0.473. The van der Waals surface area contributed by atoms with Crippen molar-refractivity contribution in [2.24, 2.45) is 4.99 Å². The number of aromatic nitrogens is 1. The van der Waals surface area contributed by atoms with Crippen molar-refractivity contribution in [2.45, 2.75) is 5.92 Å². The van der Waals surface area contributed by atoms with Crippen molar-refractivity contribution < 1.29 is 24.6 Å². The predicted molar refractivity (Wildman–Crippen MR) is 125 cm³/mol. The molecule has 2 heterocycles. The number of benzene rings is 1. The van der Waals surface area contributed by atoms with Crippen LogP contribution in [0.3, 0.4) is 0 Å². The average Bonchev–Trinajstić information content (AvgIpc) is 3.29. The highest BCUT2D eigenvalue weighted by molar-refractivity contribution is 6.35. The molecule has 1 aromatic heterocycles. The van der Waals surface area contributed by atoms with E-state index in [0.717, 1.165) is 0 Å². The lowest BCUT2D eigenvalue weighted by Crippen LogP contribution is -2.39. The van der Waals surface area contributed by atoms with Crippen LogP contribution in [0, 0.1) is 0 Å². The SMILES string of the molecule is O=C(CNC(=O)c1c[nH]c(=O)c(NC2=NCCN2)c1)NCC(C(=O)O)c1cc(Cl)cc(Cl)c1O. The number of H-pyrrole nitrogens is 1. The number of carboxylic acid groups (broad SMARTS) is 1. The molecule has 0 saturated heterocycles. The van der Waals surface area contributed by atoms with Gasteiger partial charge in [-0.15, -0.1) is 0 Å². The number of guanidine groups is 1. The maximum atomic E-state index is 12.4. The van der Waals surface area contributed by atoms with Gasteiger partial charge >= 0.3 is 5.97 Å². The Balaban J connectivity index is 1.58. The lowest BCUT2D eigenvalue weighted by Gasteiger charge is -2.16. The van der Waals surface area contributed by atoms with Gasteiger partial charge in [0, 0.05) is 29.9 Å². The van der Waals surface area contributed by atoms with Gasteiger partial charge in [0.2, 0.25) is 5.91 Å². The Hall–Kier alpha value is -3.77. The summed E-state index contributed by atoms with van der Waals surface area (Å²) in [5, 5.41) is 30.0. The number of aromatic hydroxyl groups is 1. The van der Waals surface area contributed by atoms with E-state index < -0.39 is 48.1 Å². The van der Waals surface area contributed by atoms with Crippen LogP contribution < -0.4 is 26.8 Å². The molecule has 12 nitrogen and oxygen atoms in total. The highest BCUT2D eigenvalue weighted by Gasteiger charge is 2.25. The third-order valence-corrected chi connectivity index (χ3v) is 5.24. The van der Waals surface area contributed by atoms with Gasteiger partial charge in [-0.2, -0.15) is 0 Å². The molecule has 7 N–H and O–H groups in total. The van der Waals surface area contributed by atoms with Crippen LogP contribution in [0.4, 0.5) is 5.69 Å². The van der Waals surface area contributed by atoms with E-state index in [9.17, 15) is 29.4 Å². The summed E-state index contributed by atoms with van der Waals surface area (Å²) in [6.45, 7) is 0.324. The van der Waals surface area contributed by atoms with Crippen LogP contribution in [0.5, 0.6) is 5.75 Å². The zero-order valence-electron chi connectivity index (χ0n) is 17.4. The minimum Gasteiger partial charge on any atom is -0.506 e.